The fraction of sp³-hybridized carbons (Fsp3) is 0.800. The van der Waals surface area contributed by atoms with E-state index >= 15 is 0 Å². The van der Waals surface area contributed by atoms with Crippen molar-refractivity contribution < 1.29 is 4.92 Å². The lowest BCUT2D eigenvalue weighted by atomic mass is 9.98. The minimum atomic E-state index is -0.282. The number of aryl methyl sites for hydroxylation is 1. The Kier molecular flexibility index (Phi) is 6.33. The molecular weight excluding hydrogens is 268 g/mol. The van der Waals surface area contributed by atoms with Crippen molar-refractivity contribution in [2.45, 2.75) is 59.4 Å². The fourth-order valence-corrected chi connectivity index (χ4v) is 2.72. The Morgan fingerprint density at radius 3 is 2.38 bits per heavy atom. The van der Waals surface area contributed by atoms with Crippen molar-refractivity contribution in [3.63, 3.8) is 0 Å². The number of hydrogen-bond donors (Lipinski definition) is 1. The predicted octanol–water partition coefficient (Wildman–Crippen LogP) is 3.02. The molecule has 0 fully saturated rings. The maximum Gasteiger partial charge on any atom is 0.313 e. The maximum absolute atomic E-state index is 11.5. The highest BCUT2D eigenvalue weighted by molar-refractivity contribution is 5.43. The molecule has 6 nitrogen and oxygen atoms in total. The van der Waals surface area contributed by atoms with E-state index in [0.29, 0.717) is 18.0 Å². The summed E-state index contributed by atoms with van der Waals surface area (Å²) in [6.07, 6.45) is 1.63. The summed E-state index contributed by atoms with van der Waals surface area (Å²) in [5, 5.41) is 19.3. The molecule has 21 heavy (non-hydrogen) atoms. The van der Waals surface area contributed by atoms with Gasteiger partial charge in [0.05, 0.1) is 4.92 Å². The quantitative estimate of drug-likeness (QED) is 0.591. The van der Waals surface area contributed by atoms with Crippen LogP contribution in [-0.2, 0) is 13.5 Å². The van der Waals surface area contributed by atoms with Crippen LogP contribution in [0.3, 0.4) is 0 Å². The molecular formula is C15H28N4O2. The van der Waals surface area contributed by atoms with Gasteiger partial charge >= 0.3 is 5.69 Å². The Morgan fingerprint density at radius 2 is 1.95 bits per heavy atom. The number of nitro groups is 1. The smallest absolute Gasteiger partial charge is 0.313 e. The first-order valence-corrected chi connectivity index (χ1v) is 7.71. The first kappa shape index (κ1) is 17.6. The predicted molar refractivity (Wildman–Crippen MR) is 84.6 cm³/mol. The van der Waals surface area contributed by atoms with Crippen LogP contribution in [0, 0.1) is 16.0 Å². The van der Waals surface area contributed by atoms with Crippen LogP contribution in [0.5, 0.6) is 0 Å². The molecule has 120 valence electrons. The van der Waals surface area contributed by atoms with Crippen molar-refractivity contribution in [1.82, 2.24) is 15.1 Å². The molecule has 1 rings (SSSR count). The summed E-state index contributed by atoms with van der Waals surface area (Å²) in [7, 11) is 1.80. The molecule has 0 aromatic carbocycles. The number of aromatic nitrogens is 2. The number of nitrogens with zero attached hydrogens (tertiary/aromatic N) is 3. The lowest BCUT2D eigenvalue weighted by Gasteiger charge is -2.19. The van der Waals surface area contributed by atoms with Gasteiger partial charge in [0.1, 0.15) is 11.4 Å². The number of nitrogens with one attached hydrogen (secondary N) is 1. The summed E-state index contributed by atoms with van der Waals surface area (Å²) in [6.45, 7) is 11.1. The van der Waals surface area contributed by atoms with Gasteiger partial charge in [-0.3, -0.25) is 14.8 Å². The average Bonchev–Trinajstić information content (AvgIpc) is 2.66. The van der Waals surface area contributed by atoms with Gasteiger partial charge in [-0.25, -0.2) is 0 Å². The molecule has 1 aromatic rings. The van der Waals surface area contributed by atoms with E-state index in [-0.39, 0.29) is 22.6 Å². The lowest BCUT2D eigenvalue weighted by Crippen LogP contribution is -2.33. The standard InChI is InChI=1S/C15H28N4O2/c1-7-16-12(8-10(2)3)9-13-15(19(20)21)14(11(4)5)17-18(13)6/h10-12,16H,7-9H2,1-6H3. The summed E-state index contributed by atoms with van der Waals surface area (Å²) in [5.41, 5.74) is 1.49. The highest BCUT2D eigenvalue weighted by Gasteiger charge is 2.29. The first-order chi connectivity index (χ1) is 9.77. The molecule has 6 heteroatoms. The van der Waals surface area contributed by atoms with E-state index in [2.05, 4.69) is 31.2 Å². The number of rotatable bonds is 8. The van der Waals surface area contributed by atoms with E-state index < -0.39 is 0 Å². The third-order valence-corrected chi connectivity index (χ3v) is 3.58. The Labute approximate surface area is 127 Å². The lowest BCUT2D eigenvalue weighted by molar-refractivity contribution is -0.386. The molecule has 1 heterocycles. The van der Waals surface area contributed by atoms with Crippen molar-refractivity contribution in [2.24, 2.45) is 13.0 Å². The van der Waals surface area contributed by atoms with Gasteiger partial charge in [0.25, 0.3) is 0 Å². The molecule has 0 radical (unpaired) electrons. The number of hydrogen-bond acceptors (Lipinski definition) is 4. The van der Waals surface area contributed by atoms with Crippen LogP contribution in [0.25, 0.3) is 0 Å². The molecule has 0 spiro atoms. The van der Waals surface area contributed by atoms with Crippen LogP contribution >= 0.6 is 0 Å². The molecule has 0 aliphatic rings. The zero-order valence-electron chi connectivity index (χ0n) is 14.0. The summed E-state index contributed by atoms with van der Waals surface area (Å²) in [5.74, 6) is 0.596. The van der Waals surface area contributed by atoms with Crippen LogP contribution in [0.1, 0.15) is 58.3 Å². The van der Waals surface area contributed by atoms with Gasteiger partial charge in [0.15, 0.2) is 0 Å². The van der Waals surface area contributed by atoms with Gasteiger partial charge in [0.2, 0.25) is 0 Å². The molecule has 0 bridgehead atoms. The molecule has 1 aromatic heterocycles. The normalized spacial score (nSPS) is 13.1. The van der Waals surface area contributed by atoms with Crippen molar-refractivity contribution in [2.75, 3.05) is 6.54 Å². The van der Waals surface area contributed by atoms with Crippen molar-refractivity contribution in [3.05, 3.63) is 21.5 Å². The average molecular weight is 296 g/mol. The third kappa shape index (κ3) is 4.52. The van der Waals surface area contributed by atoms with Crippen LogP contribution in [0.4, 0.5) is 5.69 Å². The van der Waals surface area contributed by atoms with Crippen LogP contribution < -0.4 is 5.32 Å². The van der Waals surface area contributed by atoms with Gasteiger partial charge < -0.3 is 5.32 Å². The van der Waals surface area contributed by atoms with E-state index in [1.165, 1.54) is 0 Å². The molecule has 0 aliphatic heterocycles. The molecule has 0 saturated heterocycles. The third-order valence-electron chi connectivity index (χ3n) is 3.58. The van der Waals surface area contributed by atoms with Crippen LogP contribution in [0.2, 0.25) is 0 Å². The van der Waals surface area contributed by atoms with Crippen LogP contribution in [0.15, 0.2) is 0 Å². The monoisotopic (exact) mass is 296 g/mol. The SMILES string of the molecule is CCNC(Cc1c([N+](=O)[O-])c(C(C)C)nn1C)CC(C)C. The Morgan fingerprint density at radius 1 is 1.33 bits per heavy atom. The molecule has 1 N–H and O–H groups in total. The first-order valence-electron chi connectivity index (χ1n) is 7.71. The van der Waals surface area contributed by atoms with E-state index in [0.717, 1.165) is 18.7 Å². The second kappa shape index (κ2) is 7.54. The fourth-order valence-electron chi connectivity index (χ4n) is 2.72. The minimum absolute atomic E-state index is 0.0491. The second-order valence-electron chi connectivity index (χ2n) is 6.30. The largest absolute Gasteiger partial charge is 0.314 e. The molecule has 0 saturated carbocycles. The zero-order chi connectivity index (χ0) is 16.2. The van der Waals surface area contributed by atoms with E-state index in [1.54, 1.807) is 11.7 Å². The second-order valence-corrected chi connectivity index (χ2v) is 6.30. The highest BCUT2D eigenvalue weighted by Crippen LogP contribution is 2.30. The van der Waals surface area contributed by atoms with Crippen molar-refractivity contribution >= 4 is 5.69 Å². The Balaban J connectivity index is 3.13. The summed E-state index contributed by atoms with van der Waals surface area (Å²) < 4.78 is 1.68. The zero-order valence-corrected chi connectivity index (χ0v) is 14.0. The van der Waals surface area contributed by atoms with Gasteiger partial charge in [-0.1, -0.05) is 34.6 Å². The topological polar surface area (TPSA) is 73.0 Å². The summed E-state index contributed by atoms with van der Waals surface area (Å²) in [6, 6.07) is 0.240. The van der Waals surface area contributed by atoms with E-state index in [1.807, 2.05) is 13.8 Å². The highest BCUT2D eigenvalue weighted by atomic mass is 16.6. The Hall–Kier alpha value is -1.43. The molecule has 0 amide bonds. The van der Waals surface area contributed by atoms with E-state index in [4.69, 9.17) is 0 Å². The Bertz CT molecular complexity index is 480. The van der Waals surface area contributed by atoms with Gasteiger partial charge in [-0.05, 0) is 18.9 Å². The summed E-state index contributed by atoms with van der Waals surface area (Å²) in [4.78, 5) is 11.2. The van der Waals surface area contributed by atoms with Gasteiger partial charge in [-0.15, -0.1) is 0 Å². The van der Waals surface area contributed by atoms with E-state index in [9.17, 15) is 10.1 Å². The molecule has 1 atom stereocenters. The maximum atomic E-state index is 11.5. The van der Waals surface area contributed by atoms with Crippen molar-refractivity contribution in [1.29, 1.82) is 0 Å². The number of likely N-dealkylation sites (N-methyl/N-ethyl adjacent to an activating group) is 1. The minimum Gasteiger partial charge on any atom is -0.314 e. The van der Waals surface area contributed by atoms with Gasteiger partial charge in [0, 0.05) is 25.4 Å². The van der Waals surface area contributed by atoms with Gasteiger partial charge in [-0.2, -0.15) is 5.10 Å². The summed E-state index contributed by atoms with van der Waals surface area (Å²) >= 11 is 0. The van der Waals surface area contributed by atoms with Crippen LogP contribution in [-0.4, -0.2) is 27.3 Å². The molecule has 1 unspecified atom stereocenters. The molecule has 0 aliphatic carbocycles. The van der Waals surface area contributed by atoms with Crippen molar-refractivity contribution in [3.8, 4) is 0 Å².